The van der Waals surface area contributed by atoms with Gasteiger partial charge in [-0.05, 0) is 24.5 Å². The predicted octanol–water partition coefficient (Wildman–Crippen LogP) is 2.92. The molecule has 0 bridgehead atoms. The highest BCUT2D eigenvalue weighted by Crippen LogP contribution is 2.24. The van der Waals surface area contributed by atoms with Crippen molar-refractivity contribution in [1.82, 2.24) is 14.3 Å². The van der Waals surface area contributed by atoms with Gasteiger partial charge >= 0.3 is 0 Å². The fourth-order valence-corrected chi connectivity index (χ4v) is 2.36. The molecule has 5 heteroatoms. The summed E-state index contributed by atoms with van der Waals surface area (Å²) < 4.78 is 3.82. The molecular weight excluding hydrogens is 262 g/mol. The van der Waals surface area contributed by atoms with Gasteiger partial charge in [0.05, 0.1) is 29.1 Å². The quantitative estimate of drug-likeness (QED) is 0.936. The maximum absolute atomic E-state index is 10.0. The summed E-state index contributed by atoms with van der Waals surface area (Å²) in [5.41, 5.74) is 2.75. The molecule has 2 aromatic rings. The monoisotopic (exact) mass is 281 g/mol. The van der Waals surface area contributed by atoms with Crippen LogP contribution in [0.15, 0.2) is 18.5 Å². The smallest absolute Gasteiger partial charge is 0.0865 e. The predicted molar refractivity (Wildman–Crippen MR) is 76.3 cm³/mol. The first kappa shape index (κ1) is 14.2. The number of aliphatic hydroxyl groups is 1. The number of aryl methyl sites for hydroxylation is 2. The summed E-state index contributed by atoms with van der Waals surface area (Å²) in [7, 11) is 1.89. The van der Waals surface area contributed by atoms with Crippen LogP contribution in [0.1, 0.15) is 36.9 Å². The molecule has 0 aliphatic heterocycles. The van der Waals surface area contributed by atoms with E-state index in [0.29, 0.717) is 11.6 Å². The molecule has 0 fully saturated rings. The Morgan fingerprint density at radius 1 is 1.42 bits per heavy atom. The second-order valence-corrected chi connectivity index (χ2v) is 5.65. The SMILES string of the molecule is Cc1nn(C)c(Cn2ccc(C(O)C(C)C)c2)c1Cl. The molecule has 0 aliphatic rings. The third kappa shape index (κ3) is 2.85. The van der Waals surface area contributed by atoms with Gasteiger partial charge in [0.2, 0.25) is 0 Å². The average Bonchev–Trinajstić information content (AvgIpc) is 2.90. The van der Waals surface area contributed by atoms with Crippen LogP contribution in [0.4, 0.5) is 0 Å². The van der Waals surface area contributed by atoms with E-state index in [1.807, 2.05) is 50.8 Å². The van der Waals surface area contributed by atoms with Crippen molar-refractivity contribution < 1.29 is 5.11 Å². The molecule has 1 atom stereocenters. The Kier molecular flexibility index (Phi) is 4.02. The van der Waals surface area contributed by atoms with E-state index in [9.17, 15) is 5.11 Å². The number of nitrogens with zero attached hydrogens (tertiary/aromatic N) is 3. The van der Waals surface area contributed by atoms with Crippen LogP contribution in [-0.2, 0) is 13.6 Å². The summed E-state index contributed by atoms with van der Waals surface area (Å²) in [4.78, 5) is 0. The van der Waals surface area contributed by atoms with Gasteiger partial charge in [-0.2, -0.15) is 5.10 Å². The summed E-state index contributed by atoms with van der Waals surface area (Å²) >= 11 is 6.24. The zero-order valence-corrected chi connectivity index (χ0v) is 12.5. The number of halogens is 1. The molecule has 1 unspecified atom stereocenters. The Morgan fingerprint density at radius 2 is 2.11 bits per heavy atom. The number of hydrogen-bond donors (Lipinski definition) is 1. The lowest BCUT2D eigenvalue weighted by Gasteiger charge is -2.12. The second kappa shape index (κ2) is 5.39. The third-order valence-corrected chi connectivity index (χ3v) is 3.83. The van der Waals surface area contributed by atoms with Crippen molar-refractivity contribution >= 4 is 11.6 Å². The Hall–Kier alpha value is -1.26. The van der Waals surface area contributed by atoms with Gasteiger partial charge in [-0.25, -0.2) is 0 Å². The molecule has 0 radical (unpaired) electrons. The minimum absolute atomic E-state index is 0.207. The van der Waals surface area contributed by atoms with E-state index in [-0.39, 0.29) is 5.92 Å². The fourth-order valence-electron chi connectivity index (χ4n) is 2.14. The maximum Gasteiger partial charge on any atom is 0.0865 e. The van der Waals surface area contributed by atoms with E-state index in [1.165, 1.54) is 0 Å². The lowest BCUT2D eigenvalue weighted by Crippen LogP contribution is -2.06. The Bertz CT molecular complexity index is 571. The van der Waals surface area contributed by atoms with Crippen LogP contribution < -0.4 is 0 Å². The van der Waals surface area contributed by atoms with Gasteiger partial charge in [-0.15, -0.1) is 0 Å². The van der Waals surface area contributed by atoms with Gasteiger partial charge in [0, 0.05) is 19.4 Å². The summed E-state index contributed by atoms with van der Waals surface area (Å²) in [6.07, 6.45) is 3.49. The van der Waals surface area contributed by atoms with E-state index in [1.54, 1.807) is 4.68 Å². The normalized spacial score (nSPS) is 13.2. The second-order valence-electron chi connectivity index (χ2n) is 5.28. The molecule has 0 saturated carbocycles. The van der Waals surface area contributed by atoms with Crippen molar-refractivity contribution in [3.63, 3.8) is 0 Å². The van der Waals surface area contributed by atoms with Gasteiger partial charge in [0.1, 0.15) is 0 Å². The van der Waals surface area contributed by atoms with Crippen molar-refractivity contribution in [3.8, 4) is 0 Å². The standard InChI is InChI=1S/C14H20ClN3O/c1-9(2)14(19)11-5-6-18(7-11)8-12-13(15)10(3)16-17(12)4/h5-7,9,14,19H,8H2,1-4H3. The molecule has 0 saturated heterocycles. The van der Waals surface area contributed by atoms with E-state index in [2.05, 4.69) is 5.10 Å². The van der Waals surface area contributed by atoms with E-state index >= 15 is 0 Å². The summed E-state index contributed by atoms with van der Waals surface area (Å²) in [5, 5.41) is 15.0. The molecule has 0 aliphatic carbocycles. The first-order chi connectivity index (χ1) is 8.90. The number of hydrogen-bond acceptors (Lipinski definition) is 2. The number of aliphatic hydroxyl groups excluding tert-OH is 1. The maximum atomic E-state index is 10.0. The molecule has 1 N–H and O–H groups in total. The van der Waals surface area contributed by atoms with Crippen LogP contribution >= 0.6 is 11.6 Å². The van der Waals surface area contributed by atoms with Crippen LogP contribution in [0, 0.1) is 12.8 Å². The Morgan fingerprint density at radius 3 is 2.63 bits per heavy atom. The van der Waals surface area contributed by atoms with Gasteiger partial charge in [-0.3, -0.25) is 4.68 Å². The van der Waals surface area contributed by atoms with Gasteiger partial charge in [0.25, 0.3) is 0 Å². The van der Waals surface area contributed by atoms with Crippen LogP contribution in [-0.4, -0.2) is 19.5 Å². The Labute approximate surface area is 118 Å². The first-order valence-corrected chi connectivity index (χ1v) is 6.79. The molecule has 0 amide bonds. The zero-order valence-electron chi connectivity index (χ0n) is 11.8. The first-order valence-electron chi connectivity index (χ1n) is 6.42. The summed E-state index contributed by atoms with van der Waals surface area (Å²) in [5.74, 6) is 0.207. The van der Waals surface area contributed by atoms with Gasteiger partial charge < -0.3 is 9.67 Å². The van der Waals surface area contributed by atoms with Crippen molar-refractivity contribution in [2.75, 3.05) is 0 Å². The van der Waals surface area contributed by atoms with Crippen molar-refractivity contribution in [2.45, 2.75) is 33.4 Å². The van der Waals surface area contributed by atoms with Gasteiger partial charge in [-0.1, -0.05) is 25.4 Å². The van der Waals surface area contributed by atoms with E-state index in [0.717, 1.165) is 17.0 Å². The highest BCUT2D eigenvalue weighted by molar-refractivity contribution is 6.31. The van der Waals surface area contributed by atoms with Crippen molar-refractivity contribution in [2.24, 2.45) is 13.0 Å². The third-order valence-electron chi connectivity index (χ3n) is 3.34. The minimum atomic E-state index is -0.426. The number of aromatic nitrogens is 3. The average molecular weight is 282 g/mol. The minimum Gasteiger partial charge on any atom is -0.388 e. The van der Waals surface area contributed by atoms with Crippen LogP contribution in [0.25, 0.3) is 0 Å². The fraction of sp³-hybridized carbons (Fsp3) is 0.500. The van der Waals surface area contributed by atoms with E-state index < -0.39 is 6.10 Å². The highest BCUT2D eigenvalue weighted by Gasteiger charge is 2.15. The van der Waals surface area contributed by atoms with Crippen LogP contribution in [0.2, 0.25) is 5.02 Å². The van der Waals surface area contributed by atoms with Crippen LogP contribution in [0.3, 0.4) is 0 Å². The lowest BCUT2D eigenvalue weighted by atomic mass is 10.0. The van der Waals surface area contributed by atoms with Crippen LogP contribution in [0.5, 0.6) is 0 Å². The van der Waals surface area contributed by atoms with Crippen molar-refractivity contribution in [1.29, 1.82) is 0 Å². The number of rotatable bonds is 4. The molecule has 0 aromatic carbocycles. The summed E-state index contributed by atoms with van der Waals surface area (Å²) in [6.45, 7) is 6.56. The van der Waals surface area contributed by atoms with Gasteiger partial charge in [0.15, 0.2) is 0 Å². The summed E-state index contributed by atoms with van der Waals surface area (Å²) in [6, 6.07) is 1.95. The molecule has 104 valence electrons. The molecule has 0 spiro atoms. The zero-order chi connectivity index (χ0) is 14.2. The van der Waals surface area contributed by atoms with E-state index in [4.69, 9.17) is 11.6 Å². The molecule has 19 heavy (non-hydrogen) atoms. The topological polar surface area (TPSA) is 43.0 Å². The largest absolute Gasteiger partial charge is 0.388 e. The molecule has 2 rings (SSSR count). The lowest BCUT2D eigenvalue weighted by molar-refractivity contribution is 0.127. The van der Waals surface area contributed by atoms with Crippen molar-refractivity contribution in [3.05, 3.63) is 40.4 Å². The molecule has 4 nitrogen and oxygen atoms in total. The molecule has 2 aromatic heterocycles. The highest BCUT2D eigenvalue weighted by atomic mass is 35.5. The molecular formula is C14H20ClN3O. The Balaban J connectivity index is 2.20. The molecule has 2 heterocycles.